The van der Waals surface area contributed by atoms with Gasteiger partial charge in [0.15, 0.2) is 0 Å². The average Bonchev–Trinajstić information content (AvgIpc) is 2.37. The summed E-state index contributed by atoms with van der Waals surface area (Å²) in [6.07, 6.45) is 3.95. The highest BCUT2D eigenvalue weighted by atomic mass is 32.2. The Balaban J connectivity index is 2.28. The second kappa shape index (κ2) is 7.85. The molecule has 0 radical (unpaired) electrons. The predicted molar refractivity (Wildman–Crippen MR) is 76.3 cm³/mol. The Morgan fingerprint density at radius 1 is 1.21 bits per heavy atom. The fraction of sp³-hybridized carbons (Fsp3) is 0.923. The van der Waals surface area contributed by atoms with Crippen molar-refractivity contribution in [2.45, 2.75) is 46.0 Å². The summed E-state index contributed by atoms with van der Waals surface area (Å²) in [6.45, 7) is 6.02. The van der Waals surface area contributed by atoms with Gasteiger partial charge in [0.05, 0.1) is 5.75 Å². The standard InChI is InChI=1S/C13H26N2O3S/c1-12(2)6-8-14-13(16)7-11-19(17,18)15-9-4-3-5-10-15/h12H,3-11H2,1-2H3,(H,14,16). The highest BCUT2D eigenvalue weighted by Crippen LogP contribution is 2.13. The summed E-state index contributed by atoms with van der Waals surface area (Å²) in [5.41, 5.74) is 0. The van der Waals surface area contributed by atoms with Gasteiger partial charge in [-0.05, 0) is 25.2 Å². The lowest BCUT2D eigenvalue weighted by Crippen LogP contribution is -2.38. The number of piperidine rings is 1. The zero-order chi connectivity index (χ0) is 14.3. The highest BCUT2D eigenvalue weighted by Gasteiger charge is 2.24. The van der Waals surface area contributed by atoms with Gasteiger partial charge in [0, 0.05) is 26.1 Å². The fourth-order valence-corrected chi connectivity index (χ4v) is 3.60. The lowest BCUT2D eigenvalue weighted by atomic mass is 10.1. The minimum absolute atomic E-state index is 0.0664. The molecule has 112 valence electrons. The number of nitrogens with one attached hydrogen (secondary N) is 1. The lowest BCUT2D eigenvalue weighted by Gasteiger charge is -2.25. The number of carbonyl (C=O) groups excluding carboxylic acids is 1. The molecule has 0 saturated carbocycles. The normalized spacial score (nSPS) is 17.6. The van der Waals surface area contributed by atoms with Gasteiger partial charge >= 0.3 is 0 Å². The maximum Gasteiger partial charge on any atom is 0.221 e. The molecule has 1 aliphatic rings. The van der Waals surface area contributed by atoms with E-state index >= 15 is 0 Å². The maximum absolute atomic E-state index is 12.0. The van der Waals surface area contributed by atoms with E-state index in [1.165, 1.54) is 4.31 Å². The van der Waals surface area contributed by atoms with Crippen molar-refractivity contribution in [2.75, 3.05) is 25.4 Å². The summed E-state index contributed by atoms with van der Waals surface area (Å²) >= 11 is 0. The zero-order valence-electron chi connectivity index (χ0n) is 12.0. The van der Waals surface area contributed by atoms with Gasteiger partial charge in [-0.15, -0.1) is 0 Å². The molecule has 6 heteroatoms. The van der Waals surface area contributed by atoms with E-state index in [0.717, 1.165) is 25.7 Å². The second-order valence-corrected chi connectivity index (χ2v) is 7.65. The summed E-state index contributed by atoms with van der Waals surface area (Å²) < 4.78 is 25.6. The van der Waals surface area contributed by atoms with Crippen LogP contribution in [0.15, 0.2) is 0 Å². The third-order valence-corrected chi connectivity index (χ3v) is 5.21. The molecular formula is C13H26N2O3S. The van der Waals surface area contributed by atoms with Crippen LogP contribution in [0.2, 0.25) is 0 Å². The number of sulfonamides is 1. The van der Waals surface area contributed by atoms with Gasteiger partial charge < -0.3 is 5.32 Å². The Labute approximate surface area is 116 Å². The molecule has 1 fully saturated rings. The molecule has 1 saturated heterocycles. The van der Waals surface area contributed by atoms with Gasteiger partial charge in [0.25, 0.3) is 0 Å². The molecule has 1 amide bonds. The van der Waals surface area contributed by atoms with E-state index in [-0.39, 0.29) is 18.1 Å². The molecule has 0 unspecified atom stereocenters. The number of amides is 1. The Kier molecular flexibility index (Phi) is 6.79. The van der Waals surface area contributed by atoms with Crippen LogP contribution in [0.1, 0.15) is 46.0 Å². The first-order chi connectivity index (χ1) is 8.92. The van der Waals surface area contributed by atoms with E-state index < -0.39 is 10.0 Å². The summed E-state index contributed by atoms with van der Waals surface area (Å²) in [7, 11) is -3.25. The smallest absolute Gasteiger partial charge is 0.221 e. The summed E-state index contributed by atoms with van der Waals surface area (Å²) in [4.78, 5) is 11.6. The molecule has 19 heavy (non-hydrogen) atoms. The van der Waals surface area contributed by atoms with Crippen molar-refractivity contribution >= 4 is 15.9 Å². The van der Waals surface area contributed by atoms with Crippen LogP contribution in [0.25, 0.3) is 0 Å². The SMILES string of the molecule is CC(C)CCNC(=O)CCS(=O)(=O)N1CCCCC1. The molecule has 0 aromatic heterocycles. The monoisotopic (exact) mass is 290 g/mol. The first-order valence-corrected chi connectivity index (χ1v) is 8.77. The van der Waals surface area contributed by atoms with E-state index in [0.29, 0.717) is 25.6 Å². The van der Waals surface area contributed by atoms with Gasteiger partial charge in [-0.2, -0.15) is 0 Å². The quantitative estimate of drug-likeness (QED) is 0.770. The van der Waals surface area contributed by atoms with Crippen molar-refractivity contribution in [3.05, 3.63) is 0 Å². The molecule has 5 nitrogen and oxygen atoms in total. The van der Waals surface area contributed by atoms with Crippen LogP contribution in [0.3, 0.4) is 0 Å². The van der Waals surface area contributed by atoms with E-state index in [4.69, 9.17) is 0 Å². The molecule has 0 spiro atoms. The van der Waals surface area contributed by atoms with Crippen molar-refractivity contribution in [2.24, 2.45) is 5.92 Å². The van der Waals surface area contributed by atoms with E-state index in [1.54, 1.807) is 0 Å². The molecule has 1 rings (SSSR count). The molecule has 1 aliphatic heterocycles. The molecule has 0 aromatic rings. The minimum atomic E-state index is -3.25. The van der Waals surface area contributed by atoms with Gasteiger partial charge in [-0.1, -0.05) is 20.3 Å². The predicted octanol–water partition coefficient (Wildman–Crippen LogP) is 1.35. The minimum Gasteiger partial charge on any atom is -0.356 e. The van der Waals surface area contributed by atoms with Gasteiger partial charge in [-0.3, -0.25) is 4.79 Å². The largest absolute Gasteiger partial charge is 0.356 e. The third kappa shape index (κ3) is 6.38. The Hall–Kier alpha value is -0.620. The fourth-order valence-electron chi connectivity index (χ4n) is 2.08. The molecule has 0 bridgehead atoms. The lowest BCUT2D eigenvalue weighted by molar-refractivity contribution is -0.120. The Morgan fingerprint density at radius 2 is 1.84 bits per heavy atom. The van der Waals surface area contributed by atoms with Crippen LogP contribution >= 0.6 is 0 Å². The summed E-state index contributed by atoms with van der Waals surface area (Å²) in [6, 6.07) is 0. The number of carbonyl (C=O) groups is 1. The Bertz CT molecular complexity index is 373. The van der Waals surface area contributed by atoms with Crippen LogP contribution in [0, 0.1) is 5.92 Å². The highest BCUT2D eigenvalue weighted by molar-refractivity contribution is 7.89. The van der Waals surface area contributed by atoms with E-state index in [9.17, 15) is 13.2 Å². The number of hydrogen-bond acceptors (Lipinski definition) is 3. The molecule has 0 atom stereocenters. The van der Waals surface area contributed by atoms with Crippen molar-refractivity contribution in [3.8, 4) is 0 Å². The van der Waals surface area contributed by atoms with Crippen LogP contribution in [-0.4, -0.2) is 44.0 Å². The average molecular weight is 290 g/mol. The number of hydrogen-bond donors (Lipinski definition) is 1. The molecule has 1 N–H and O–H groups in total. The van der Waals surface area contributed by atoms with Crippen LogP contribution in [0.4, 0.5) is 0 Å². The first-order valence-electron chi connectivity index (χ1n) is 7.16. The number of rotatable bonds is 7. The zero-order valence-corrected chi connectivity index (χ0v) is 12.8. The third-order valence-electron chi connectivity index (χ3n) is 3.34. The molecule has 0 aromatic carbocycles. The van der Waals surface area contributed by atoms with Crippen molar-refractivity contribution in [1.82, 2.24) is 9.62 Å². The van der Waals surface area contributed by atoms with E-state index in [2.05, 4.69) is 19.2 Å². The Morgan fingerprint density at radius 3 is 2.42 bits per heavy atom. The van der Waals surface area contributed by atoms with Crippen LogP contribution < -0.4 is 5.32 Å². The van der Waals surface area contributed by atoms with Gasteiger partial charge in [0.1, 0.15) is 0 Å². The van der Waals surface area contributed by atoms with Crippen molar-refractivity contribution in [1.29, 1.82) is 0 Å². The first kappa shape index (κ1) is 16.4. The van der Waals surface area contributed by atoms with Crippen LogP contribution in [0.5, 0.6) is 0 Å². The van der Waals surface area contributed by atoms with Crippen molar-refractivity contribution < 1.29 is 13.2 Å². The second-order valence-electron chi connectivity index (χ2n) is 5.56. The number of nitrogens with zero attached hydrogens (tertiary/aromatic N) is 1. The van der Waals surface area contributed by atoms with Crippen molar-refractivity contribution in [3.63, 3.8) is 0 Å². The van der Waals surface area contributed by atoms with Gasteiger partial charge in [-0.25, -0.2) is 12.7 Å². The molecule has 0 aliphatic carbocycles. The van der Waals surface area contributed by atoms with E-state index in [1.807, 2.05) is 0 Å². The summed E-state index contributed by atoms with van der Waals surface area (Å²) in [5, 5.41) is 2.77. The van der Waals surface area contributed by atoms with Gasteiger partial charge in [0.2, 0.25) is 15.9 Å². The summed E-state index contributed by atoms with van der Waals surface area (Å²) in [5.74, 6) is 0.305. The molecule has 1 heterocycles. The topological polar surface area (TPSA) is 66.5 Å². The molecular weight excluding hydrogens is 264 g/mol. The van der Waals surface area contributed by atoms with Crippen LogP contribution in [-0.2, 0) is 14.8 Å². The maximum atomic E-state index is 12.0.